The molecule has 1 aromatic carbocycles. The zero-order valence-electron chi connectivity index (χ0n) is 9.18. The highest BCUT2D eigenvalue weighted by atomic mass is 16.4. The van der Waals surface area contributed by atoms with Gasteiger partial charge in [0, 0.05) is 0 Å². The van der Waals surface area contributed by atoms with E-state index in [1.807, 2.05) is 6.07 Å². The zero-order chi connectivity index (χ0) is 12.2. The van der Waals surface area contributed by atoms with Gasteiger partial charge in [-0.05, 0) is 37.5 Å². The maximum Gasteiger partial charge on any atom is 0.306 e. The van der Waals surface area contributed by atoms with Gasteiger partial charge in [-0.2, -0.15) is 0 Å². The quantitative estimate of drug-likeness (QED) is 0.709. The van der Waals surface area contributed by atoms with Crippen LogP contribution in [0.25, 0.3) is 0 Å². The Morgan fingerprint density at radius 1 is 1.44 bits per heavy atom. The van der Waals surface area contributed by atoms with Crippen molar-refractivity contribution in [2.45, 2.75) is 31.8 Å². The second-order valence-electron chi connectivity index (χ2n) is 4.24. The van der Waals surface area contributed by atoms with E-state index in [1.54, 1.807) is 18.2 Å². The largest absolute Gasteiger partial charge is 0.508 e. The molecule has 0 aromatic heterocycles. The van der Waals surface area contributed by atoms with Crippen LogP contribution in [-0.4, -0.2) is 26.9 Å². The number of aliphatic hydroxyl groups is 1. The molecule has 3 N–H and O–H groups in total. The summed E-state index contributed by atoms with van der Waals surface area (Å²) in [5.74, 6) is -0.837. The summed E-state index contributed by atoms with van der Waals surface area (Å²) in [5, 5.41) is 27.6. The number of aromatic hydroxyl groups is 1. The van der Waals surface area contributed by atoms with E-state index in [-0.39, 0.29) is 12.2 Å². The lowest BCUT2D eigenvalue weighted by molar-refractivity contribution is -0.142. The lowest BCUT2D eigenvalue weighted by Crippen LogP contribution is -2.28. The monoisotopic (exact) mass is 224 g/mol. The van der Waals surface area contributed by atoms with E-state index in [1.165, 1.54) is 6.92 Å². The zero-order valence-corrected chi connectivity index (χ0v) is 9.18. The highest BCUT2D eigenvalue weighted by Crippen LogP contribution is 2.19. The Kier molecular flexibility index (Phi) is 3.90. The molecule has 0 spiro atoms. The normalized spacial score (nSPS) is 14.4. The van der Waals surface area contributed by atoms with Crippen LogP contribution in [0, 0.1) is 0 Å². The van der Waals surface area contributed by atoms with Crippen LogP contribution in [0.15, 0.2) is 24.3 Å². The minimum absolute atomic E-state index is 0.176. The van der Waals surface area contributed by atoms with Gasteiger partial charge in [-0.25, -0.2) is 0 Å². The molecule has 0 aliphatic rings. The van der Waals surface area contributed by atoms with Crippen molar-refractivity contribution in [2.24, 2.45) is 0 Å². The van der Waals surface area contributed by atoms with Crippen molar-refractivity contribution < 1.29 is 20.1 Å². The Morgan fingerprint density at radius 2 is 2.12 bits per heavy atom. The fraction of sp³-hybridized carbons (Fsp3) is 0.417. The summed E-state index contributed by atoms with van der Waals surface area (Å²) in [6.45, 7) is 1.50. The van der Waals surface area contributed by atoms with Crippen molar-refractivity contribution in [3.8, 4) is 5.75 Å². The fourth-order valence-electron chi connectivity index (χ4n) is 1.54. The average Bonchev–Trinajstić information content (AvgIpc) is 2.13. The molecule has 4 nitrogen and oxygen atoms in total. The standard InChI is InChI=1S/C12H16O4/c1-12(16,8-11(14)15)6-5-9-3-2-4-10(13)7-9/h2-4,7,13,16H,5-6,8H2,1H3,(H,14,15). The number of hydrogen-bond donors (Lipinski definition) is 3. The number of benzene rings is 1. The number of hydrogen-bond acceptors (Lipinski definition) is 3. The van der Waals surface area contributed by atoms with Gasteiger partial charge in [0.1, 0.15) is 5.75 Å². The van der Waals surface area contributed by atoms with Crippen LogP contribution in [0.3, 0.4) is 0 Å². The van der Waals surface area contributed by atoms with E-state index in [9.17, 15) is 15.0 Å². The predicted octanol–water partition coefficient (Wildman–Crippen LogP) is 1.55. The van der Waals surface area contributed by atoms with Gasteiger partial charge in [0.2, 0.25) is 0 Å². The summed E-state index contributed by atoms with van der Waals surface area (Å²) in [7, 11) is 0. The topological polar surface area (TPSA) is 77.8 Å². The lowest BCUT2D eigenvalue weighted by atomic mass is 9.94. The third-order valence-corrected chi connectivity index (χ3v) is 2.39. The maximum atomic E-state index is 10.5. The summed E-state index contributed by atoms with van der Waals surface area (Å²) in [5.41, 5.74) is -0.331. The van der Waals surface area contributed by atoms with Gasteiger partial charge in [-0.1, -0.05) is 12.1 Å². The molecule has 16 heavy (non-hydrogen) atoms. The summed E-state index contributed by atoms with van der Waals surface area (Å²) in [4.78, 5) is 10.5. The van der Waals surface area contributed by atoms with Crippen LogP contribution < -0.4 is 0 Å². The molecule has 0 aliphatic heterocycles. The minimum Gasteiger partial charge on any atom is -0.508 e. The molecule has 0 saturated heterocycles. The molecule has 4 heteroatoms. The molecule has 0 amide bonds. The van der Waals surface area contributed by atoms with E-state index >= 15 is 0 Å². The van der Waals surface area contributed by atoms with E-state index < -0.39 is 11.6 Å². The van der Waals surface area contributed by atoms with E-state index in [4.69, 9.17) is 5.11 Å². The predicted molar refractivity (Wildman–Crippen MR) is 59.3 cm³/mol. The van der Waals surface area contributed by atoms with Crippen molar-refractivity contribution in [3.63, 3.8) is 0 Å². The van der Waals surface area contributed by atoms with Crippen molar-refractivity contribution in [3.05, 3.63) is 29.8 Å². The summed E-state index contributed by atoms with van der Waals surface area (Å²) >= 11 is 0. The van der Waals surface area contributed by atoms with E-state index in [0.29, 0.717) is 12.8 Å². The Bertz CT molecular complexity index is 371. The second-order valence-corrected chi connectivity index (χ2v) is 4.24. The molecule has 0 bridgehead atoms. The molecule has 0 radical (unpaired) electrons. The molecule has 0 aliphatic carbocycles. The van der Waals surface area contributed by atoms with Gasteiger partial charge in [0.05, 0.1) is 12.0 Å². The molecule has 1 rings (SSSR count). The Balaban J connectivity index is 2.54. The molecule has 1 aromatic rings. The van der Waals surface area contributed by atoms with Crippen molar-refractivity contribution >= 4 is 5.97 Å². The van der Waals surface area contributed by atoms with E-state index in [2.05, 4.69) is 0 Å². The number of rotatable bonds is 5. The van der Waals surface area contributed by atoms with Crippen molar-refractivity contribution in [1.82, 2.24) is 0 Å². The highest BCUT2D eigenvalue weighted by Gasteiger charge is 2.23. The van der Waals surface area contributed by atoms with Gasteiger partial charge in [-0.15, -0.1) is 0 Å². The van der Waals surface area contributed by atoms with Crippen LogP contribution in [-0.2, 0) is 11.2 Å². The molecule has 0 saturated carbocycles. The number of phenols is 1. The maximum absolute atomic E-state index is 10.5. The molecule has 1 unspecified atom stereocenters. The first-order valence-corrected chi connectivity index (χ1v) is 5.11. The number of carboxylic acid groups (broad SMARTS) is 1. The van der Waals surface area contributed by atoms with Gasteiger partial charge in [0.15, 0.2) is 0 Å². The molecular formula is C12H16O4. The number of aryl methyl sites for hydroxylation is 1. The number of carbonyl (C=O) groups is 1. The second kappa shape index (κ2) is 4.99. The average molecular weight is 224 g/mol. The van der Waals surface area contributed by atoms with Crippen LogP contribution in [0.4, 0.5) is 0 Å². The van der Waals surface area contributed by atoms with Crippen molar-refractivity contribution in [1.29, 1.82) is 0 Å². The van der Waals surface area contributed by atoms with Crippen LogP contribution in [0.1, 0.15) is 25.3 Å². The summed E-state index contributed by atoms with van der Waals surface area (Å²) < 4.78 is 0. The third-order valence-electron chi connectivity index (χ3n) is 2.39. The Morgan fingerprint density at radius 3 is 2.69 bits per heavy atom. The number of aliphatic carboxylic acids is 1. The minimum atomic E-state index is -1.21. The number of phenolic OH excluding ortho intramolecular Hbond substituents is 1. The SMILES string of the molecule is CC(O)(CCc1cccc(O)c1)CC(=O)O. The highest BCUT2D eigenvalue weighted by molar-refractivity contribution is 5.68. The summed E-state index contributed by atoms with van der Waals surface area (Å²) in [6, 6.07) is 6.73. The smallest absolute Gasteiger partial charge is 0.306 e. The Hall–Kier alpha value is -1.55. The third kappa shape index (κ3) is 4.31. The van der Waals surface area contributed by atoms with Gasteiger partial charge in [-0.3, -0.25) is 4.79 Å². The molecule has 88 valence electrons. The molecule has 0 fully saturated rings. The van der Waals surface area contributed by atoms with Gasteiger partial charge >= 0.3 is 5.97 Å². The van der Waals surface area contributed by atoms with Crippen molar-refractivity contribution in [2.75, 3.05) is 0 Å². The van der Waals surface area contributed by atoms with Crippen LogP contribution >= 0.6 is 0 Å². The molecular weight excluding hydrogens is 208 g/mol. The first kappa shape index (κ1) is 12.5. The number of carboxylic acids is 1. The summed E-state index contributed by atoms with van der Waals surface area (Å²) in [6.07, 6.45) is 0.614. The van der Waals surface area contributed by atoms with Crippen LogP contribution in [0.5, 0.6) is 5.75 Å². The van der Waals surface area contributed by atoms with Gasteiger partial charge < -0.3 is 15.3 Å². The van der Waals surface area contributed by atoms with E-state index in [0.717, 1.165) is 5.56 Å². The first-order valence-electron chi connectivity index (χ1n) is 5.11. The lowest BCUT2D eigenvalue weighted by Gasteiger charge is -2.20. The molecule has 1 atom stereocenters. The molecule has 0 heterocycles. The van der Waals surface area contributed by atoms with Crippen LogP contribution in [0.2, 0.25) is 0 Å². The fourth-order valence-corrected chi connectivity index (χ4v) is 1.54. The first-order chi connectivity index (χ1) is 7.39. The van der Waals surface area contributed by atoms with Gasteiger partial charge in [0.25, 0.3) is 0 Å². The Labute approximate surface area is 94.2 Å².